The van der Waals surface area contributed by atoms with Crippen LogP contribution in [0.4, 0.5) is 14.5 Å². The fourth-order valence-electron chi connectivity index (χ4n) is 1.54. The van der Waals surface area contributed by atoms with Crippen molar-refractivity contribution in [2.24, 2.45) is 16.9 Å². The number of carbonyl (C=O) groups is 2. The molecular formula is C14H19F2N3O2. The Labute approximate surface area is 121 Å². The molecule has 5 N–H and O–H groups in total. The van der Waals surface area contributed by atoms with E-state index in [0.717, 1.165) is 6.07 Å². The van der Waals surface area contributed by atoms with Crippen LogP contribution in [-0.2, 0) is 4.79 Å². The summed E-state index contributed by atoms with van der Waals surface area (Å²) in [7, 11) is 0. The molecule has 116 valence electrons. The molecule has 1 aromatic carbocycles. The summed E-state index contributed by atoms with van der Waals surface area (Å²) in [6.45, 7) is 5.61. The van der Waals surface area contributed by atoms with Gasteiger partial charge in [-0.2, -0.15) is 0 Å². The smallest absolute Gasteiger partial charge is 0.251 e. The average Bonchev–Trinajstić information content (AvgIpc) is 2.30. The number of carbonyl (C=O) groups excluding carboxylic acids is 2. The number of primary amides is 1. The van der Waals surface area contributed by atoms with E-state index >= 15 is 0 Å². The van der Waals surface area contributed by atoms with Crippen LogP contribution in [0.15, 0.2) is 12.1 Å². The molecule has 7 heteroatoms. The predicted octanol–water partition coefficient (Wildman–Crippen LogP) is 1.77. The van der Waals surface area contributed by atoms with E-state index < -0.39 is 35.1 Å². The first kappa shape index (κ1) is 17.0. The van der Waals surface area contributed by atoms with Crippen LogP contribution in [0.2, 0.25) is 0 Å². The van der Waals surface area contributed by atoms with Crippen molar-refractivity contribution in [3.05, 3.63) is 29.3 Å². The normalized spacial score (nSPS) is 12.9. The molecule has 0 aliphatic carbocycles. The molecule has 0 saturated heterocycles. The first-order valence-electron chi connectivity index (χ1n) is 6.36. The summed E-state index contributed by atoms with van der Waals surface area (Å²) < 4.78 is 26.9. The highest BCUT2D eigenvalue weighted by molar-refractivity contribution is 5.96. The zero-order valence-corrected chi connectivity index (χ0v) is 12.2. The van der Waals surface area contributed by atoms with E-state index in [0.29, 0.717) is 6.07 Å². The molecule has 0 bridgehead atoms. The number of nitrogens with two attached hydrogens (primary N) is 2. The van der Waals surface area contributed by atoms with Gasteiger partial charge in [-0.1, -0.05) is 20.8 Å². The average molecular weight is 299 g/mol. The van der Waals surface area contributed by atoms with Crippen molar-refractivity contribution in [1.29, 1.82) is 0 Å². The van der Waals surface area contributed by atoms with E-state index in [1.165, 1.54) is 0 Å². The largest absolute Gasteiger partial charge is 0.366 e. The van der Waals surface area contributed by atoms with Crippen LogP contribution in [0.1, 0.15) is 37.6 Å². The lowest BCUT2D eigenvalue weighted by atomic mass is 9.85. The molecule has 0 aliphatic heterocycles. The van der Waals surface area contributed by atoms with E-state index in [9.17, 15) is 18.4 Å². The van der Waals surface area contributed by atoms with Crippen LogP contribution in [0.25, 0.3) is 0 Å². The van der Waals surface area contributed by atoms with Gasteiger partial charge < -0.3 is 16.8 Å². The van der Waals surface area contributed by atoms with Gasteiger partial charge in [-0.25, -0.2) is 8.78 Å². The van der Waals surface area contributed by atoms with Crippen LogP contribution < -0.4 is 16.8 Å². The monoisotopic (exact) mass is 299 g/mol. The minimum absolute atomic E-state index is 0.0355. The van der Waals surface area contributed by atoms with Crippen molar-refractivity contribution in [2.75, 3.05) is 5.32 Å². The van der Waals surface area contributed by atoms with Gasteiger partial charge in [0.2, 0.25) is 5.91 Å². The maximum absolute atomic E-state index is 13.6. The zero-order chi connectivity index (χ0) is 16.4. The van der Waals surface area contributed by atoms with Crippen LogP contribution in [0, 0.1) is 17.0 Å². The molecule has 1 atom stereocenters. The summed E-state index contributed by atoms with van der Waals surface area (Å²) in [4.78, 5) is 22.8. The Bertz CT molecular complexity index is 568. The molecule has 0 aliphatic rings. The summed E-state index contributed by atoms with van der Waals surface area (Å²) in [5.74, 6) is -3.65. The first-order chi connectivity index (χ1) is 9.52. The quantitative estimate of drug-likeness (QED) is 0.790. The van der Waals surface area contributed by atoms with Gasteiger partial charge >= 0.3 is 0 Å². The van der Waals surface area contributed by atoms with E-state index in [2.05, 4.69) is 5.32 Å². The standard InChI is InChI=1S/C14H19F2N3O2/c1-14(2,3)11(17)6-12(20)19-10-4-7(13(18)21)8(15)5-9(10)16/h4-5,11H,6,17H2,1-3H3,(H2,18,21)(H,19,20). The number of amides is 2. The third-order valence-corrected chi connectivity index (χ3v) is 3.11. The van der Waals surface area contributed by atoms with E-state index in [4.69, 9.17) is 11.5 Å². The van der Waals surface area contributed by atoms with Crippen LogP contribution in [-0.4, -0.2) is 17.9 Å². The second-order valence-corrected chi connectivity index (χ2v) is 5.90. The molecule has 0 fully saturated rings. The first-order valence-corrected chi connectivity index (χ1v) is 6.36. The minimum Gasteiger partial charge on any atom is -0.366 e. The Hall–Kier alpha value is -2.02. The SMILES string of the molecule is CC(C)(C)C(N)CC(=O)Nc1cc(C(N)=O)c(F)cc1F. The van der Waals surface area contributed by atoms with E-state index in [1.54, 1.807) is 0 Å². The van der Waals surface area contributed by atoms with Gasteiger partial charge in [0.1, 0.15) is 11.6 Å². The number of nitrogens with one attached hydrogen (secondary N) is 1. The molecule has 21 heavy (non-hydrogen) atoms. The molecule has 1 unspecified atom stereocenters. The molecule has 0 aromatic heterocycles. The van der Waals surface area contributed by atoms with E-state index in [1.807, 2.05) is 20.8 Å². The zero-order valence-electron chi connectivity index (χ0n) is 12.2. The molecule has 1 aromatic rings. The maximum atomic E-state index is 13.6. The Morgan fingerprint density at radius 3 is 2.29 bits per heavy atom. The van der Waals surface area contributed by atoms with Crippen LogP contribution in [0.3, 0.4) is 0 Å². The number of rotatable bonds is 4. The van der Waals surface area contributed by atoms with Gasteiger partial charge in [-0.05, 0) is 11.5 Å². The lowest BCUT2D eigenvalue weighted by molar-refractivity contribution is -0.117. The maximum Gasteiger partial charge on any atom is 0.251 e. The van der Waals surface area contributed by atoms with Gasteiger partial charge in [-0.15, -0.1) is 0 Å². The van der Waals surface area contributed by atoms with Gasteiger partial charge in [0.05, 0.1) is 11.3 Å². The van der Waals surface area contributed by atoms with Gasteiger partial charge in [-0.3, -0.25) is 9.59 Å². The Balaban J connectivity index is 2.91. The molecule has 0 radical (unpaired) electrons. The van der Waals surface area contributed by atoms with Crippen LogP contribution >= 0.6 is 0 Å². The number of anilines is 1. The molecular weight excluding hydrogens is 280 g/mol. The third kappa shape index (κ3) is 4.49. The highest BCUT2D eigenvalue weighted by Crippen LogP contribution is 2.22. The van der Waals surface area contributed by atoms with Crippen molar-refractivity contribution in [3.63, 3.8) is 0 Å². The van der Waals surface area contributed by atoms with E-state index in [-0.39, 0.29) is 17.5 Å². The third-order valence-electron chi connectivity index (χ3n) is 3.11. The summed E-state index contributed by atoms with van der Waals surface area (Å²) in [6, 6.07) is 0.934. The van der Waals surface area contributed by atoms with Gasteiger partial charge in [0, 0.05) is 18.5 Å². The van der Waals surface area contributed by atoms with Crippen molar-refractivity contribution >= 4 is 17.5 Å². The van der Waals surface area contributed by atoms with Gasteiger partial charge in [0.15, 0.2) is 0 Å². The van der Waals surface area contributed by atoms with Gasteiger partial charge in [0.25, 0.3) is 5.91 Å². The summed E-state index contributed by atoms with van der Waals surface area (Å²) in [5, 5.41) is 2.27. The topological polar surface area (TPSA) is 98.2 Å². The second-order valence-electron chi connectivity index (χ2n) is 5.90. The Kier molecular flexibility index (Phi) is 5.01. The summed E-state index contributed by atoms with van der Waals surface area (Å²) in [6.07, 6.45) is -0.0355. The molecule has 0 saturated carbocycles. The highest BCUT2D eigenvalue weighted by atomic mass is 19.1. The molecule has 5 nitrogen and oxygen atoms in total. The lowest BCUT2D eigenvalue weighted by Crippen LogP contribution is -2.38. The molecule has 1 rings (SSSR count). The Morgan fingerprint density at radius 2 is 1.81 bits per heavy atom. The molecule has 0 spiro atoms. The van der Waals surface area contributed by atoms with Crippen molar-refractivity contribution in [3.8, 4) is 0 Å². The minimum atomic E-state index is -1.08. The fourth-order valence-corrected chi connectivity index (χ4v) is 1.54. The van der Waals surface area contributed by atoms with Crippen LogP contribution in [0.5, 0.6) is 0 Å². The van der Waals surface area contributed by atoms with Crippen molar-refractivity contribution < 1.29 is 18.4 Å². The number of benzene rings is 1. The predicted molar refractivity (Wildman–Crippen MR) is 75.6 cm³/mol. The highest BCUT2D eigenvalue weighted by Gasteiger charge is 2.24. The summed E-state index contributed by atoms with van der Waals surface area (Å²) >= 11 is 0. The fraction of sp³-hybridized carbons (Fsp3) is 0.429. The second kappa shape index (κ2) is 6.17. The lowest BCUT2D eigenvalue weighted by Gasteiger charge is -2.26. The number of halogens is 2. The van der Waals surface area contributed by atoms with Crippen molar-refractivity contribution in [1.82, 2.24) is 0 Å². The molecule has 2 amide bonds. The summed E-state index contributed by atoms with van der Waals surface area (Å²) in [5.41, 5.74) is 9.73. The number of hydrogen-bond acceptors (Lipinski definition) is 3. The number of hydrogen-bond donors (Lipinski definition) is 3. The Morgan fingerprint density at radius 1 is 1.24 bits per heavy atom. The van der Waals surface area contributed by atoms with Crippen molar-refractivity contribution in [2.45, 2.75) is 33.2 Å². The molecule has 0 heterocycles.